The summed E-state index contributed by atoms with van der Waals surface area (Å²) in [4.78, 5) is 28.5. The lowest BCUT2D eigenvalue weighted by Gasteiger charge is -2.10. The van der Waals surface area contributed by atoms with Gasteiger partial charge in [-0.3, -0.25) is 4.79 Å². The number of carbonyl (C=O) groups is 2. The third kappa shape index (κ3) is 4.22. The zero-order valence-electron chi connectivity index (χ0n) is 14.9. The fraction of sp³-hybridized carbons (Fsp3) is 0.421. The maximum atomic E-state index is 12.7. The van der Waals surface area contributed by atoms with Gasteiger partial charge in [-0.15, -0.1) is 11.3 Å². The van der Waals surface area contributed by atoms with Crippen LogP contribution in [-0.2, 0) is 4.79 Å². The summed E-state index contributed by atoms with van der Waals surface area (Å²) in [5.74, 6) is -0.238. The van der Waals surface area contributed by atoms with Crippen molar-refractivity contribution >= 4 is 28.9 Å². The van der Waals surface area contributed by atoms with Crippen molar-refractivity contribution in [3.8, 4) is 5.75 Å². The molecule has 1 heterocycles. The Labute approximate surface area is 156 Å². The number of aromatic nitrogens is 1. The zero-order valence-corrected chi connectivity index (χ0v) is 15.7. The molecule has 1 aliphatic rings. The molecule has 0 saturated heterocycles. The van der Waals surface area contributed by atoms with E-state index in [2.05, 4.69) is 10.3 Å². The Morgan fingerprint density at radius 2 is 2.04 bits per heavy atom. The van der Waals surface area contributed by atoms with E-state index in [1.165, 1.54) is 24.2 Å². The van der Waals surface area contributed by atoms with Crippen LogP contribution in [0.5, 0.6) is 5.75 Å². The minimum Gasteiger partial charge on any atom is -0.482 e. The van der Waals surface area contributed by atoms with Gasteiger partial charge in [0.2, 0.25) is 0 Å². The van der Waals surface area contributed by atoms with Gasteiger partial charge in [0.1, 0.15) is 10.6 Å². The smallest absolute Gasteiger partial charge is 0.341 e. The number of nitrogens with zero attached hydrogens (tertiary/aromatic N) is 1. The van der Waals surface area contributed by atoms with E-state index in [1.807, 2.05) is 13.8 Å². The Morgan fingerprint density at radius 3 is 2.69 bits per heavy atom. The van der Waals surface area contributed by atoms with Crippen LogP contribution in [0.1, 0.15) is 57.5 Å². The van der Waals surface area contributed by atoms with Gasteiger partial charge in [0.25, 0.3) is 5.91 Å². The summed E-state index contributed by atoms with van der Waals surface area (Å²) in [7, 11) is 0. The number of aryl methyl sites for hydroxylation is 2. The molecule has 0 bridgehead atoms. The molecule has 2 N–H and O–H groups in total. The van der Waals surface area contributed by atoms with Gasteiger partial charge in [0.05, 0.1) is 10.7 Å². The number of thiazole rings is 1. The zero-order chi connectivity index (χ0) is 18.7. The topological polar surface area (TPSA) is 88.5 Å². The number of benzene rings is 1. The average Bonchev–Trinajstić information content (AvgIpc) is 3.24. The molecule has 138 valence electrons. The van der Waals surface area contributed by atoms with Gasteiger partial charge in [-0.1, -0.05) is 12.8 Å². The first-order valence-corrected chi connectivity index (χ1v) is 9.49. The van der Waals surface area contributed by atoms with Crippen LogP contribution in [0.25, 0.3) is 0 Å². The average molecular weight is 374 g/mol. The van der Waals surface area contributed by atoms with Crippen molar-refractivity contribution in [1.29, 1.82) is 0 Å². The SMILES string of the molecule is Cc1cc(OCC(=O)O)ccc1NC(=O)c1sc(C2CCCC2)nc1C. The normalized spacial score (nSPS) is 14.4. The lowest BCUT2D eigenvalue weighted by Crippen LogP contribution is -2.13. The lowest BCUT2D eigenvalue weighted by atomic mass is 10.1. The number of ether oxygens (including phenoxy) is 1. The second-order valence-corrected chi connectivity index (χ2v) is 7.59. The fourth-order valence-corrected chi connectivity index (χ4v) is 4.30. The number of aliphatic carboxylic acids is 1. The van der Waals surface area contributed by atoms with E-state index >= 15 is 0 Å². The summed E-state index contributed by atoms with van der Waals surface area (Å²) in [6.45, 7) is 3.32. The Kier molecular flexibility index (Phi) is 5.56. The molecular formula is C19H22N2O4S. The van der Waals surface area contributed by atoms with E-state index in [1.54, 1.807) is 18.2 Å². The second-order valence-electron chi connectivity index (χ2n) is 6.56. The number of carboxylic acids is 1. The Bertz CT molecular complexity index is 825. The van der Waals surface area contributed by atoms with Crippen LogP contribution >= 0.6 is 11.3 Å². The van der Waals surface area contributed by atoms with Crippen LogP contribution in [0.4, 0.5) is 5.69 Å². The molecular weight excluding hydrogens is 352 g/mol. The number of carboxylic acid groups (broad SMARTS) is 1. The van der Waals surface area contributed by atoms with Crippen LogP contribution in [0.3, 0.4) is 0 Å². The highest BCUT2D eigenvalue weighted by atomic mass is 32.1. The predicted molar refractivity (Wildman–Crippen MR) is 100 cm³/mol. The van der Waals surface area contributed by atoms with E-state index < -0.39 is 12.6 Å². The largest absolute Gasteiger partial charge is 0.482 e. The van der Waals surface area contributed by atoms with E-state index in [0.29, 0.717) is 22.2 Å². The van der Waals surface area contributed by atoms with Crippen molar-refractivity contribution < 1.29 is 19.4 Å². The van der Waals surface area contributed by atoms with E-state index in [0.717, 1.165) is 29.1 Å². The number of anilines is 1. The van der Waals surface area contributed by atoms with Crippen LogP contribution in [0.2, 0.25) is 0 Å². The summed E-state index contributed by atoms with van der Waals surface area (Å²) in [6, 6.07) is 5.08. The molecule has 1 amide bonds. The number of amides is 1. The molecule has 1 saturated carbocycles. The standard InChI is InChI=1S/C19H22N2O4S/c1-11-9-14(25-10-16(22)23)7-8-15(11)21-18(24)17-12(2)20-19(26-17)13-5-3-4-6-13/h7-9,13H,3-6,10H2,1-2H3,(H,21,24)(H,22,23). The molecule has 0 atom stereocenters. The minimum atomic E-state index is -1.03. The number of hydrogen-bond donors (Lipinski definition) is 2. The minimum absolute atomic E-state index is 0.161. The summed E-state index contributed by atoms with van der Waals surface area (Å²) < 4.78 is 5.15. The van der Waals surface area contributed by atoms with E-state index in [9.17, 15) is 9.59 Å². The van der Waals surface area contributed by atoms with Gasteiger partial charge in [-0.25, -0.2) is 9.78 Å². The van der Waals surface area contributed by atoms with Crippen LogP contribution in [0, 0.1) is 13.8 Å². The first-order chi connectivity index (χ1) is 12.4. The highest BCUT2D eigenvalue weighted by Crippen LogP contribution is 2.37. The first-order valence-electron chi connectivity index (χ1n) is 8.68. The Morgan fingerprint density at radius 1 is 1.31 bits per heavy atom. The van der Waals surface area contributed by atoms with Gasteiger partial charge in [0.15, 0.2) is 6.61 Å². The van der Waals surface area contributed by atoms with Crippen molar-refractivity contribution in [2.24, 2.45) is 0 Å². The molecule has 0 unspecified atom stereocenters. The van der Waals surface area contributed by atoms with Crippen molar-refractivity contribution in [3.63, 3.8) is 0 Å². The second kappa shape index (κ2) is 7.86. The van der Waals surface area contributed by atoms with Gasteiger partial charge in [-0.2, -0.15) is 0 Å². The predicted octanol–water partition coefficient (Wildman–Crippen LogP) is 4.13. The molecule has 1 fully saturated rings. The molecule has 7 heteroatoms. The Balaban J connectivity index is 1.70. The van der Waals surface area contributed by atoms with E-state index in [4.69, 9.17) is 9.84 Å². The molecule has 1 aromatic carbocycles. The van der Waals surface area contributed by atoms with Crippen LogP contribution in [-0.4, -0.2) is 28.6 Å². The van der Waals surface area contributed by atoms with Crippen LogP contribution < -0.4 is 10.1 Å². The molecule has 6 nitrogen and oxygen atoms in total. The monoisotopic (exact) mass is 374 g/mol. The third-order valence-electron chi connectivity index (χ3n) is 4.53. The highest BCUT2D eigenvalue weighted by Gasteiger charge is 2.24. The number of hydrogen-bond acceptors (Lipinski definition) is 5. The summed E-state index contributed by atoms with van der Waals surface area (Å²) >= 11 is 1.49. The van der Waals surface area contributed by atoms with Gasteiger partial charge in [-0.05, 0) is 50.5 Å². The van der Waals surface area contributed by atoms with Crippen molar-refractivity contribution in [2.45, 2.75) is 45.4 Å². The summed E-state index contributed by atoms with van der Waals surface area (Å²) in [6.07, 6.45) is 4.79. The first kappa shape index (κ1) is 18.4. The molecule has 1 aliphatic carbocycles. The number of nitrogens with one attached hydrogen (secondary N) is 1. The molecule has 0 aliphatic heterocycles. The maximum Gasteiger partial charge on any atom is 0.341 e. The number of carbonyl (C=O) groups excluding carboxylic acids is 1. The third-order valence-corrected chi connectivity index (χ3v) is 5.85. The van der Waals surface area contributed by atoms with E-state index in [-0.39, 0.29) is 5.91 Å². The van der Waals surface area contributed by atoms with Gasteiger partial charge >= 0.3 is 5.97 Å². The number of rotatable bonds is 6. The lowest BCUT2D eigenvalue weighted by molar-refractivity contribution is -0.139. The molecule has 26 heavy (non-hydrogen) atoms. The van der Waals surface area contributed by atoms with Crippen molar-refractivity contribution in [3.05, 3.63) is 39.3 Å². The van der Waals surface area contributed by atoms with Gasteiger partial charge in [0, 0.05) is 11.6 Å². The molecule has 3 rings (SSSR count). The highest BCUT2D eigenvalue weighted by molar-refractivity contribution is 7.14. The van der Waals surface area contributed by atoms with Crippen molar-refractivity contribution in [2.75, 3.05) is 11.9 Å². The van der Waals surface area contributed by atoms with Crippen molar-refractivity contribution in [1.82, 2.24) is 4.98 Å². The summed E-state index contributed by atoms with van der Waals surface area (Å²) in [5, 5.41) is 12.7. The molecule has 1 aromatic heterocycles. The quantitative estimate of drug-likeness (QED) is 0.793. The van der Waals surface area contributed by atoms with Gasteiger partial charge < -0.3 is 15.2 Å². The molecule has 0 radical (unpaired) electrons. The maximum absolute atomic E-state index is 12.7. The fourth-order valence-electron chi connectivity index (χ4n) is 3.17. The summed E-state index contributed by atoms with van der Waals surface area (Å²) in [5.41, 5.74) is 2.25. The molecule has 2 aromatic rings. The molecule has 0 spiro atoms. The van der Waals surface area contributed by atoms with Crippen LogP contribution in [0.15, 0.2) is 18.2 Å². The Hall–Kier alpha value is -2.41.